The average molecular weight is 206 g/mol. The van der Waals surface area contributed by atoms with Gasteiger partial charge in [0.05, 0.1) is 6.10 Å². The van der Waals surface area contributed by atoms with Crippen LogP contribution in [0.1, 0.15) is 34.6 Å². The quantitative estimate of drug-likeness (QED) is 0.642. The second-order valence-corrected chi connectivity index (χ2v) is 5.82. The fourth-order valence-corrected chi connectivity index (χ4v) is 2.73. The Labute approximate surface area is 83.4 Å². The Morgan fingerprint density at radius 1 is 1.25 bits per heavy atom. The zero-order chi connectivity index (χ0) is 9.56. The molecule has 72 valence electrons. The van der Waals surface area contributed by atoms with Crippen LogP contribution in [0.15, 0.2) is 0 Å². The first-order valence-corrected chi connectivity index (χ1v) is 5.97. The van der Waals surface area contributed by atoms with Gasteiger partial charge in [0.1, 0.15) is 0 Å². The van der Waals surface area contributed by atoms with Crippen LogP contribution in [-0.2, 0) is 4.74 Å². The van der Waals surface area contributed by atoms with Gasteiger partial charge in [0.2, 0.25) is 0 Å². The first-order valence-electron chi connectivity index (χ1n) is 4.21. The highest BCUT2D eigenvalue weighted by Crippen LogP contribution is 2.15. The Kier molecular flexibility index (Phi) is 6.90. The highest BCUT2D eigenvalue weighted by molar-refractivity contribution is 8.26. The maximum atomic E-state index is 5.61. The SMILES string of the molecule is CC=S=C(OC(C)C)SC(C)C. The van der Waals surface area contributed by atoms with E-state index < -0.39 is 0 Å². The number of thioether (sulfide) groups is 1. The van der Waals surface area contributed by atoms with Crippen molar-refractivity contribution in [2.24, 2.45) is 0 Å². The van der Waals surface area contributed by atoms with Crippen LogP contribution < -0.4 is 0 Å². The van der Waals surface area contributed by atoms with E-state index in [1.807, 2.05) is 12.3 Å². The fraction of sp³-hybridized carbons (Fsp3) is 0.778. The molecule has 3 heteroatoms. The summed E-state index contributed by atoms with van der Waals surface area (Å²) in [6.07, 6.45) is 0.277. The molecule has 0 rings (SSSR count). The molecule has 0 aliphatic carbocycles. The molecule has 0 unspecified atom stereocenters. The van der Waals surface area contributed by atoms with Crippen molar-refractivity contribution in [2.45, 2.75) is 46.0 Å². The van der Waals surface area contributed by atoms with E-state index in [1.54, 1.807) is 22.7 Å². The third-order valence-corrected chi connectivity index (χ3v) is 2.74. The van der Waals surface area contributed by atoms with Crippen LogP contribution in [0.25, 0.3) is 0 Å². The molecule has 0 aromatic heterocycles. The van der Waals surface area contributed by atoms with Gasteiger partial charge < -0.3 is 4.74 Å². The van der Waals surface area contributed by atoms with Gasteiger partial charge in [-0.3, -0.25) is 0 Å². The normalized spacial score (nSPS) is 10.6. The predicted molar refractivity (Wildman–Crippen MR) is 63.3 cm³/mol. The van der Waals surface area contributed by atoms with Crippen molar-refractivity contribution in [1.82, 2.24) is 0 Å². The van der Waals surface area contributed by atoms with Gasteiger partial charge in [0.15, 0.2) is 4.38 Å². The summed E-state index contributed by atoms with van der Waals surface area (Å²) in [5.74, 6) is 0. The molecule has 0 saturated heterocycles. The molecule has 0 fully saturated rings. The molecule has 0 amide bonds. The summed E-state index contributed by atoms with van der Waals surface area (Å²) in [5.41, 5.74) is 0. The van der Waals surface area contributed by atoms with Crippen molar-refractivity contribution >= 4 is 32.5 Å². The Hall–Kier alpha value is 0.270. The molecule has 0 N–H and O–H groups in total. The summed E-state index contributed by atoms with van der Waals surface area (Å²) in [7, 11) is 1.67. The minimum absolute atomic E-state index is 0.277. The summed E-state index contributed by atoms with van der Waals surface area (Å²) < 4.78 is 6.67. The highest BCUT2D eigenvalue weighted by atomic mass is 32.2. The van der Waals surface area contributed by atoms with Gasteiger partial charge in [-0.1, -0.05) is 25.6 Å². The van der Waals surface area contributed by atoms with Crippen LogP contribution >= 0.6 is 22.7 Å². The van der Waals surface area contributed by atoms with E-state index in [1.165, 1.54) is 0 Å². The Bertz CT molecular complexity index is 167. The molecule has 0 bridgehead atoms. The smallest absolute Gasteiger partial charge is 0.164 e. The number of hydrogen-bond donors (Lipinski definition) is 0. The van der Waals surface area contributed by atoms with E-state index in [2.05, 4.69) is 27.7 Å². The monoisotopic (exact) mass is 206 g/mol. The minimum Gasteiger partial charge on any atom is -0.328 e. The van der Waals surface area contributed by atoms with E-state index in [9.17, 15) is 0 Å². The molecule has 0 atom stereocenters. The molecular formula is C9H18OS2. The van der Waals surface area contributed by atoms with Crippen LogP contribution in [-0.4, -0.2) is 21.1 Å². The lowest BCUT2D eigenvalue weighted by Crippen LogP contribution is -2.08. The van der Waals surface area contributed by atoms with Crippen molar-refractivity contribution in [1.29, 1.82) is 0 Å². The Balaban J connectivity index is 4.16. The van der Waals surface area contributed by atoms with Crippen LogP contribution in [0, 0.1) is 0 Å². The third kappa shape index (κ3) is 6.95. The summed E-state index contributed by atoms with van der Waals surface area (Å²) >= 11 is 1.78. The van der Waals surface area contributed by atoms with Crippen LogP contribution in [0.4, 0.5) is 0 Å². The summed E-state index contributed by atoms with van der Waals surface area (Å²) in [6.45, 7) is 10.5. The predicted octanol–water partition coefficient (Wildman–Crippen LogP) is 3.20. The lowest BCUT2D eigenvalue weighted by atomic mass is 10.5. The van der Waals surface area contributed by atoms with Crippen LogP contribution in [0.5, 0.6) is 0 Å². The standard InChI is InChI=1S/C9H18OS2/c1-6-11-9(10-7(2)3)12-8(4)5/h6-8H,1-5H3. The highest BCUT2D eigenvalue weighted by Gasteiger charge is 2.03. The van der Waals surface area contributed by atoms with Crippen molar-refractivity contribution in [3.8, 4) is 0 Å². The van der Waals surface area contributed by atoms with Gasteiger partial charge in [0.25, 0.3) is 0 Å². The van der Waals surface area contributed by atoms with Crippen LogP contribution in [0.2, 0.25) is 0 Å². The fourth-order valence-electron chi connectivity index (χ4n) is 0.564. The van der Waals surface area contributed by atoms with Crippen molar-refractivity contribution in [2.75, 3.05) is 0 Å². The average Bonchev–Trinajstić information content (AvgIpc) is 1.84. The molecule has 0 aliphatic rings. The van der Waals surface area contributed by atoms with Gasteiger partial charge in [-0.2, -0.15) is 0 Å². The number of rotatable bonds is 2. The zero-order valence-corrected chi connectivity index (χ0v) is 10.1. The molecule has 12 heavy (non-hydrogen) atoms. The zero-order valence-electron chi connectivity index (χ0n) is 8.46. The molecular weight excluding hydrogens is 188 g/mol. The third-order valence-electron chi connectivity index (χ3n) is 0.878. The van der Waals surface area contributed by atoms with Crippen molar-refractivity contribution in [3.05, 3.63) is 0 Å². The molecule has 1 nitrogen and oxygen atoms in total. The van der Waals surface area contributed by atoms with Gasteiger partial charge in [-0.15, -0.1) is 10.9 Å². The van der Waals surface area contributed by atoms with Gasteiger partial charge in [0, 0.05) is 5.25 Å². The maximum Gasteiger partial charge on any atom is 0.164 e. The molecule has 0 radical (unpaired) electrons. The van der Waals surface area contributed by atoms with Gasteiger partial charge >= 0.3 is 0 Å². The van der Waals surface area contributed by atoms with Crippen LogP contribution in [0.3, 0.4) is 0 Å². The molecule has 0 aromatic carbocycles. The van der Waals surface area contributed by atoms with Gasteiger partial charge in [-0.05, 0) is 26.1 Å². The lowest BCUT2D eigenvalue weighted by molar-refractivity contribution is 0.243. The Morgan fingerprint density at radius 2 is 1.83 bits per heavy atom. The second kappa shape index (κ2) is 6.75. The molecule has 0 heterocycles. The molecule has 0 aromatic rings. The first kappa shape index (κ1) is 12.3. The molecule has 0 spiro atoms. The summed E-state index contributed by atoms with van der Waals surface area (Å²) in [4.78, 5) is 0. The number of ether oxygens (including phenoxy) is 1. The largest absolute Gasteiger partial charge is 0.328 e. The van der Waals surface area contributed by atoms with E-state index >= 15 is 0 Å². The van der Waals surface area contributed by atoms with Gasteiger partial charge in [-0.25, -0.2) is 0 Å². The van der Waals surface area contributed by atoms with Crippen molar-refractivity contribution < 1.29 is 4.74 Å². The van der Waals surface area contributed by atoms with E-state index in [0.717, 1.165) is 4.38 Å². The lowest BCUT2D eigenvalue weighted by Gasteiger charge is -2.10. The second-order valence-electron chi connectivity index (χ2n) is 2.94. The Morgan fingerprint density at radius 3 is 2.17 bits per heavy atom. The van der Waals surface area contributed by atoms with E-state index in [-0.39, 0.29) is 6.10 Å². The first-order chi connectivity index (χ1) is 5.56. The summed E-state index contributed by atoms with van der Waals surface area (Å²) in [5, 5.41) is 2.64. The summed E-state index contributed by atoms with van der Waals surface area (Å²) in [6, 6.07) is 0. The van der Waals surface area contributed by atoms with Crippen molar-refractivity contribution in [3.63, 3.8) is 0 Å². The maximum absolute atomic E-state index is 5.61. The molecule has 0 saturated carbocycles. The number of hydrogen-bond acceptors (Lipinski definition) is 2. The van der Waals surface area contributed by atoms with E-state index in [0.29, 0.717) is 5.25 Å². The minimum atomic E-state index is 0.277. The molecule has 0 aliphatic heterocycles. The topological polar surface area (TPSA) is 9.23 Å². The van der Waals surface area contributed by atoms with E-state index in [4.69, 9.17) is 4.74 Å².